The molecule has 0 saturated carbocycles. The van der Waals surface area contributed by atoms with Gasteiger partial charge in [-0.05, 0) is 56.0 Å². The average Bonchev–Trinajstić information content (AvgIpc) is 3.07. The van der Waals surface area contributed by atoms with Crippen molar-refractivity contribution in [3.8, 4) is 0 Å². The molecule has 6 nitrogen and oxygen atoms in total. The van der Waals surface area contributed by atoms with Gasteiger partial charge in [-0.25, -0.2) is 4.39 Å². The fourth-order valence-corrected chi connectivity index (χ4v) is 2.66. The third kappa shape index (κ3) is 7.49. The molecule has 0 atom stereocenters. The number of guanidine groups is 1. The molecule has 2 aromatic rings. The lowest BCUT2D eigenvalue weighted by Crippen LogP contribution is -2.39. The van der Waals surface area contributed by atoms with Crippen molar-refractivity contribution in [1.82, 2.24) is 16.0 Å². The Morgan fingerprint density at radius 3 is 2.43 bits per heavy atom. The molecular weight excluding hydrogens is 474 g/mol. The molecule has 8 heteroatoms. The lowest BCUT2D eigenvalue weighted by atomic mass is 10.1. The minimum absolute atomic E-state index is 0. The maximum absolute atomic E-state index is 13.1. The summed E-state index contributed by atoms with van der Waals surface area (Å²) < 4.78 is 18.3. The van der Waals surface area contributed by atoms with E-state index in [2.05, 4.69) is 20.9 Å². The van der Waals surface area contributed by atoms with Crippen LogP contribution in [0.5, 0.6) is 0 Å². The molecule has 154 valence electrons. The summed E-state index contributed by atoms with van der Waals surface area (Å²) in [5, 5.41) is 9.26. The Kier molecular flexibility index (Phi) is 10.6. The van der Waals surface area contributed by atoms with E-state index in [9.17, 15) is 9.18 Å². The second kappa shape index (κ2) is 12.4. The fraction of sp³-hybridized carbons (Fsp3) is 0.400. The number of nitrogens with zero attached hydrogens (tertiary/aromatic N) is 1. The molecule has 1 aromatic carbocycles. The van der Waals surface area contributed by atoms with Crippen LogP contribution >= 0.6 is 24.0 Å². The summed E-state index contributed by atoms with van der Waals surface area (Å²) >= 11 is 0. The van der Waals surface area contributed by atoms with Crippen molar-refractivity contribution in [1.29, 1.82) is 0 Å². The van der Waals surface area contributed by atoms with E-state index < -0.39 is 0 Å². The van der Waals surface area contributed by atoms with Gasteiger partial charge in [-0.2, -0.15) is 0 Å². The van der Waals surface area contributed by atoms with E-state index in [0.29, 0.717) is 31.4 Å². The third-order valence-corrected chi connectivity index (χ3v) is 4.21. The highest BCUT2D eigenvalue weighted by Gasteiger charge is 2.11. The van der Waals surface area contributed by atoms with Crippen molar-refractivity contribution < 1.29 is 13.6 Å². The molecule has 3 N–H and O–H groups in total. The second-order valence-electron chi connectivity index (χ2n) is 6.29. The van der Waals surface area contributed by atoms with Crippen molar-refractivity contribution in [2.75, 3.05) is 26.7 Å². The summed E-state index contributed by atoms with van der Waals surface area (Å²) in [6, 6.07) is 6.60. The number of furan rings is 1. The standard InChI is InChI=1S/C20H27FN4O2.HI/c1-14-8-12-27-18(14)19(26)23-9-4-10-24-20(22-3)25-11-7-16-5-6-17(21)13-15(16)2;/h5-6,8,12-13H,4,7,9-11H2,1-3H3,(H,23,26)(H2,22,24,25);1H. The normalized spacial score (nSPS) is 10.9. The van der Waals surface area contributed by atoms with E-state index in [1.54, 1.807) is 19.2 Å². The number of carbonyl (C=O) groups excluding carboxylic acids is 1. The van der Waals surface area contributed by atoms with Crippen LogP contribution in [0.15, 0.2) is 39.9 Å². The number of rotatable bonds is 8. The molecule has 2 rings (SSSR count). The summed E-state index contributed by atoms with van der Waals surface area (Å²) in [5.74, 6) is 0.644. The highest BCUT2D eigenvalue weighted by atomic mass is 127. The molecule has 0 spiro atoms. The fourth-order valence-electron chi connectivity index (χ4n) is 2.66. The molecule has 0 bridgehead atoms. The first-order valence-electron chi connectivity index (χ1n) is 9.03. The van der Waals surface area contributed by atoms with Crippen LogP contribution < -0.4 is 16.0 Å². The van der Waals surface area contributed by atoms with Crippen molar-refractivity contribution >= 4 is 35.8 Å². The number of carbonyl (C=O) groups is 1. The van der Waals surface area contributed by atoms with Gasteiger partial charge >= 0.3 is 0 Å². The topological polar surface area (TPSA) is 78.7 Å². The zero-order valence-electron chi connectivity index (χ0n) is 16.5. The smallest absolute Gasteiger partial charge is 0.287 e. The maximum atomic E-state index is 13.1. The number of aryl methyl sites for hydroxylation is 2. The zero-order chi connectivity index (χ0) is 19.6. The molecule has 1 aromatic heterocycles. The average molecular weight is 502 g/mol. The number of benzene rings is 1. The van der Waals surface area contributed by atoms with Gasteiger partial charge in [0, 0.05) is 32.2 Å². The Bertz CT molecular complexity index is 792. The van der Waals surface area contributed by atoms with Crippen LogP contribution in [0.3, 0.4) is 0 Å². The Morgan fingerprint density at radius 2 is 1.79 bits per heavy atom. The molecule has 1 heterocycles. The lowest BCUT2D eigenvalue weighted by Gasteiger charge is -2.13. The maximum Gasteiger partial charge on any atom is 0.287 e. The number of hydrogen-bond acceptors (Lipinski definition) is 3. The van der Waals surface area contributed by atoms with Crippen molar-refractivity contribution in [2.45, 2.75) is 26.7 Å². The van der Waals surface area contributed by atoms with E-state index in [4.69, 9.17) is 4.42 Å². The van der Waals surface area contributed by atoms with Crippen LogP contribution in [0.4, 0.5) is 4.39 Å². The highest BCUT2D eigenvalue weighted by Crippen LogP contribution is 2.10. The van der Waals surface area contributed by atoms with Crippen LogP contribution in [0.1, 0.15) is 33.7 Å². The van der Waals surface area contributed by atoms with Gasteiger partial charge in [-0.15, -0.1) is 24.0 Å². The molecule has 0 aliphatic rings. The SMILES string of the molecule is CN=C(NCCCNC(=O)c1occc1C)NCCc1ccc(F)cc1C.I. The quantitative estimate of drug-likeness (QED) is 0.224. The predicted molar refractivity (Wildman–Crippen MR) is 120 cm³/mol. The summed E-state index contributed by atoms with van der Waals surface area (Å²) in [6.07, 6.45) is 3.05. The van der Waals surface area contributed by atoms with Crippen molar-refractivity contribution in [3.05, 3.63) is 58.8 Å². The van der Waals surface area contributed by atoms with Crippen molar-refractivity contribution in [2.24, 2.45) is 4.99 Å². The van der Waals surface area contributed by atoms with Gasteiger partial charge in [0.15, 0.2) is 11.7 Å². The first-order chi connectivity index (χ1) is 13.0. The van der Waals surface area contributed by atoms with Gasteiger partial charge in [0.1, 0.15) is 5.82 Å². The molecule has 0 saturated heterocycles. The highest BCUT2D eigenvalue weighted by molar-refractivity contribution is 14.0. The van der Waals surface area contributed by atoms with E-state index in [1.165, 1.54) is 12.3 Å². The minimum atomic E-state index is -0.212. The largest absolute Gasteiger partial charge is 0.459 e. The molecule has 0 aliphatic heterocycles. The lowest BCUT2D eigenvalue weighted by molar-refractivity contribution is 0.0925. The monoisotopic (exact) mass is 502 g/mol. The van der Waals surface area contributed by atoms with Crippen molar-refractivity contribution in [3.63, 3.8) is 0 Å². The molecule has 0 unspecified atom stereocenters. The van der Waals surface area contributed by atoms with E-state index in [-0.39, 0.29) is 35.7 Å². The third-order valence-electron chi connectivity index (χ3n) is 4.21. The molecule has 1 amide bonds. The summed E-state index contributed by atoms with van der Waals surface area (Å²) in [4.78, 5) is 16.1. The minimum Gasteiger partial charge on any atom is -0.459 e. The van der Waals surface area contributed by atoms with E-state index in [1.807, 2.05) is 19.9 Å². The second-order valence-corrected chi connectivity index (χ2v) is 6.29. The Morgan fingerprint density at radius 1 is 1.07 bits per heavy atom. The van der Waals surface area contributed by atoms with Gasteiger partial charge in [0.25, 0.3) is 5.91 Å². The molecule has 0 radical (unpaired) electrons. The van der Waals surface area contributed by atoms with Gasteiger partial charge in [-0.1, -0.05) is 6.07 Å². The Labute approximate surface area is 182 Å². The molecule has 28 heavy (non-hydrogen) atoms. The number of hydrogen-bond donors (Lipinski definition) is 3. The first-order valence-corrected chi connectivity index (χ1v) is 9.03. The Balaban J connectivity index is 0.00000392. The van der Waals surface area contributed by atoms with Crippen LogP contribution in [0.25, 0.3) is 0 Å². The Hall–Kier alpha value is -2.10. The van der Waals surface area contributed by atoms with Crippen LogP contribution in [0.2, 0.25) is 0 Å². The number of amides is 1. The van der Waals surface area contributed by atoms with E-state index in [0.717, 1.165) is 29.5 Å². The number of nitrogens with one attached hydrogen (secondary N) is 3. The zero-order valence-corrected chi connectivity index (χ0v) is 18.8. The van der Waals surface area contributed by atoms with Gasteiger partial charge < -0.3 is 20.4 Å². The summed E-state index contributed by atoms with van der Waals surface area (Å²) in [5.41, 5.74) is 2.88. The summed E-state index contributed by atoms with van der Waals surface area (Å²) in [6.45, 7) is 5.65. The molecule has 0 aliphatic carbocycles. The van der Waals surface area contributed by atoms with Crippen LogP contribution in [-0.4, -0.2) is 38.5 Å². The van der Waals surface area contributed by atoms with Gasteiger partial charge in [0.2, 0.25) is 0 Å². The van der Waals surface area contributed by atoms with E-state index >= 15 is 0 Å². The number of halogens is 2. The predicted octanol–water partition coefficient (Wildman–Crippen LogP) is 3.18. The van der Waals surface area contributed by atoms with Gasteiger partial charge in [-0.3, -0.25) is 9.79 Å². The first kappa shape index (κ1) is 23.9. The number of aliphatic imine (C=N–C) groups is 1. The summed E-state index contributed by atoms with van der Waals surface area (Å²) in [7, 11) is 1.71. The van der Waals surface area contributed by atoms with Crippen LogP contribution in [-0.2, 0) is 6.42 Å². The van der Waals surface area contributed by atoms with Crippen LogP contribution in [0, 0.1) is 19.7 Å². The molecule has 0 fully saturated rings. The van der Waals surface area contributed by atoms with Gasteiger partial charge in [0.05, 0.1) is 6.26 Å². The molecular formula is C20H28FIN4O2.